The second kappa shape index (κ2) is 14.8. The Hall–Kier alpha value is -3.47. The molecule has 0 bridgehead atoms. The molecule has 2 aromatic rings. The zero-order valence-corrected chi connectivity index (χ0v) is 21.8. The highest BCUT2D eigenvalue weighted by atomic mass is 32.1. The Bertz CT molecular complexity index is 1170. The van der Waals surface area contributed by atoms with Gasteiger partial charge in [-0.1, -0.05) is 30.3 Å². The molecule has 0 saturated carbocycles. The molecule has 3 rings (SSSR count). The molecule has 0 unspecified atom stereocenters. The Morgan fingerprint density at radius 2 is 1.50 bits per heavy atom. The van der Waals surface area contributed by atoms with Crippen LogP contribution in [0.2, 0.25) is 0 Å². The van der Waals surface area contributed by atoms with E-state index in [0.29, 0.717) is 10.6 Å². The van der Waals surface area contributed by atoms with Crippen LogP contribution in [-0.4, -0.2) is 85.8 Å². The predicted molar refractivity (Wildman–Crippen MR) is 131 cm³/mol. The number of halogens is 4. The maximum Gasteiger partial charge on any atom is 0.345 e. The normalized spacial score (nSPS) is 16.7. The minimum atomic E-state index is -3.32. The van der Waals surface area contributed by atoms with Crippen LogP contribution < -0.4 is 16.0 Å². The van der Waals surface area contributed by atoms with Gasteiger partial charge in [0.25, 0.3) is 5.91 Å². The monoisotopic (exact) mass is 590 g/mol. The maximum atomic E-state index is 13.1. The third-order valence-corrected chi connectivity index (χ3v) is 6.38. The Morgan fingerprint density at radius 3 is 2.00 bits per heavy atom. The van der Waals surface area contributed by atoms with E-state index in [1.54, 1.807) is 37.3 Å². The molecule has 0 radical (unpaired) electrons. The number of nitrogens with zero attached hydrogens (tertiary/aromatic N) is 1. The van der Waals surface area contributed by atoms with E-state index in [-0.39, 0.29) is 17.9 Å². The fraction of sp³-hybridized carbons (Fsp3) is 0.458. The first kappa shape index (κ1) is 31.1. The van der Waals surface area contributed by atoms with Gasteiger partial charge in [-0.25, -0.2) is 4.98 Å². The number of rotatable bonds is 16. The molecule has 1 aliphatic heterocycles. The van der Waals surface area contributed by atoms with Gasteiger partial charge in [0.1, 0.15) is 23.1 Å². The molecule has 0 aliphatic carbocycles. The fourth-order valence-corrected chi connectivity index (χ4v) is 4.13. The molecule has 1 saturated heterocycles. The van der Waals surface area contributed by atoms with Gasteiger partial charge in [-0.2, -0.15) is 17.6 Å². The third-order valence-electron chi connectivity index (χ3n) is 5.47. The molecule has 218 valence electrons. The smallest absolute Gasteiger partial charge is 0.345 e. The van der Waals surface area contributed by atoms with Crippen LogP contribution in [0.25, 0.3) is 0 Å². The molecule has 40 heavy (non-hydrogen) atoms. The number of ketones is 1. The van der Waals surface area contributed by atoms with Crippen molar-refractivity contribution in [1.82, 2.24) is 20.9 Å². The molecule has 16 heteroatoms. The number of thiazole rings is 1. The van der Waals surface area contributed by atoms with Crippen molar-refractivity contribution in [2.45, 2.75) is 50.8 Å². The van der Waals surface area contributed by atoms with E-state index in [9.17, 15) is 36.7 Å². The number of aryl methyl sites for hydroxylation is 1. The van der Waals surface area contributed by atoms with Crippen LogP contribution in [-0.2, 0) is 35.0 Å². The summed E-state index contributed by atoms with van der Waals surface area (Å²) < 4.78 is 64.4. The summed E-state index contributed by atoms with van der Waals surface area (Å²) in [6, 6.07) is 3.90. The quantitative estimate of drug-likeness (QED) is 0.195. The molecule has 3 amide bonds. The van der Waals surface area contributed by atoms with E-state index in [4.69, 9.17) is 4.74 Å². The van der Waals surface area contributed by atoms with Crippen molar-refractivity contribution in [3.8, 4) is 0 Å². The molecule has 11 nitrogen and oxygen atoms in total. The largest absolute Gasteiger partial charge is 0.365 e. The molecule has 1 aromatic heterocycles. The van der Waals surface area contributed by atoms with Gasteiger partial charge in [0.2, 0.25) is 11.8 Å². The van der Waals surface area contributed by atoms with Gasteiger partial charge in [-0.05, 0) is 18.9 Å². The van der Waals surface area contributed by atoms with Crippen LogP contribution in [0.4, 0.5) is 17.6 Å². The molecular formula is C24H26F4N4O7S. The highest BCUT2D eigenvalue weighted by molar-refractivity contribution is 7.13. The van der Waals surface area contributed by atoms with E-state index < -0.39 is 74.2 Å². The summed E-state index contributed by atoms with van der Waals surface area (Å²) in [5, 5.41) is 7.24. The molecule has 3 N–H and O–H groups in total. The van der Waals surface area contributed by atoms with Crippen molar-refractivity contribution < 1.29 is 51.0 Å². The van der Waals surface area contributed by atoms with Crippen LogP contribution in [0.1, 0.15) is 20.2 Å². The number of aromatic nitrogens is 1. The van der Waals surface area contributed by atoms with E-state index in [1.165, 1.54) is 6.20 Å². The van der Waals surface area contributed by atoms with Gasteiger partial charge in [0.05, 0.1) is 37.1 Å². The molecule has 1 fully saturated rings. The van der Waals surface area contributed by atoms with Gasteiger partial charge in [-0.15, -0.1) is 11.3 Å². The Kier molecular flexibility index (Phi) is 11.5. The lowest BCUT2D eigenvalue weighted by Gasteiger charge is -2.25. The van der Waals surface area contributed by atoms with Gasteiger partial charge >= 0.3 is 13.2 Å². The van der Waals surface area contributed by atoms with Crippen LogP contribution >= 0.6 is 11.3 Å². The van der Waals surface area contributed by atoms with Crippen molar-refractivity contribution in [3.05, 3.63) is 52.0 Å². The second-order valence-electron chi connectivity index (χ2n) is 8.49. The number of nitrogens with one attached hydrogen (secondary N) is 3. The van der Waals surface area contributed by atoms with Crippen molar-refractivity contribution in [2.24, 2.45) is 0 Å². The number of Topliss-reactive ketones (excluding diaryl/α,β-unsaturated/α-hetero) is 1. The zero-order chi connectivity index (χ0) is 29.2. The van der Waals surface area contributed by atoms with E-state index in [2.05, 4.69) is 30.4 Å². The summed E-state index contributed by atoms with van der Waals surface area (Å²) in [5.74, 6) is -3.58. The fourth-order valence-electron chi connectivity index (χ4n) is 3.45. The van der Waals surface area contributed by atoms with E-state index in [0.717, 1.165) is 11.3 Å². The molecule has 1 aliphatic rings. The number of ether oxygens (including phenoxy) is 3. The lowest BCUT2D eigenvalue weighted by Crippen LogP contribution is -2.58. The first-order chi connectivity index (χ1) is 19.0. The van der Waals surface area contributed by atoms with Crippen molar-refractivity contribution in [2.75, 3.05) is 19.8 Å². The van der Waals surface area contributed by atoms with Crippen molar-refractivity contribution in [1.29, 1.82) is 0 Å². The summed E-state index contributed by atoms with van der Waals surface area (Å²) in [6.07, 6.45) is 0.496. The van der Waals surface area contributed by atoms with Gasteiger partial charge < -0.3 is 30.2 Å². The molecular weight excluding hydrogens is 564 g/mol. The Morgan fingerprint density at radius 1 is 0.950 bits per heavy atom. The first-order valence-corrected chi connectivity index (χ1v) is 12.7. The highest BCUT2D eigenvalue weighted by Gasteiger charge is 2.38. The van der Waals surface area contributed by atoms with E-state index >= 15 is 0 Å². The molecule has 4 atom stereocenters. The third kappa shape index (κ3) is 9.93. The number of benzene rings is 1. The topological polar surface area (TPSA) is 148 Å². The average Bonchev–Trinajstić information content (AvgIpc) is 3.67. The minimum Gasteiger partial charge on any atom is -0.365 e. The van der Waals surface area contributed by atoms with Crippen molar-refractivity contribution in [3.63, 3.8) is 0 Å². The lowest BCUT2D eigenvalue weighted by atomic mass is 10.00. The maximum absolute atomic E-state index is 13.1. The number of hydrogen-bond donors (Lipinski definition) is 3. The number of epoxide rings is 1. The first-order valence-electron chi connectivity index (χ1n) is 11.9. The number of alkyl halides is 4. The SMILES string of the molecule is Cc1ncc(C(=O)N[C@@H](COC(F)F)C(=O)N[C@@H](COC(F)F)C(=O)N[C@@H](Cc2ccccc2)C(=O)[C@H]2CO2)s1. The lowest BCUT2D eigenvalue weighted by molar-refractivity contribution is -0.152. The second-order valence-corrected chi connectivity index (χ2v) is 9.73. The Balaban J connectivity index is 1.75. The summed E-state index contributed by atoms with van der Waals surface area (Å²) >= 11 is 0.968. The molecule has 2 heterocycles. The minimum absolute atomic E-state index is 0.0385. The van der Waals surface area contributed by atoms with Crippen LogP contribution in [0.15, 0.2) is 36.5 Å². The Labute approximate surface area is 229 Å². The van der Waals surface area contributed by atoms with Gasteiger partial charge in [0, 0.05) is 0 Å². The number of carbonyl (C=O) groups is 4. The van der Waals surface area contributed by atoms with Gasteiger partial charge in [-0.3, -0.25) is 19.2 Å². The number of hydrogen-bond acceptors (Lipinski definition) is 9. The van der Waals surface area contributed by atoms with Crippen LogP contribution in [0.3, 0.4) is 0 Å². The zero-order valence-electron chi connectivity index (χ0n) is 21.0. The predicted octanol–water partition coefficient (Wildman–Crippen LogP) is 1.21. The average molecular weight is 591 g/mol. The summed E-state index contributed by atoms with van der Waals surface area (Å²) in [4.78, 5) is 55.2. The summed E-state index contributed by atoms with van der Waals surface area (Å²) in [7, 11) is 0. The van der Waals surface area contributed by atoms with Gasteiger partial charge in [0.15, 0.2) is 5.78 Å². The number of carbonyl (C=O) groups excluding carboxylic acids is 4. The van der Waals surface area contributed by atoms with Crippen LogP contribution in [0.5, 0.6) is 0 Å². The number of amides is 3. The summed E-state index contributed by atoms with van der Waals surface area (Å²) in [5.41, 5.74) is 0.677. The standard InChI is InChI=1S/C24H26F4N4O7S/c1-12-29-8-18(40-12)22(36)32-16(10-39-24(27)28)21(35)31-15(9-38-23(25)26)20(34)30-14(19(33)17-11-37-17)7-13-5-3-2-4-6-13/h2-6,8,14-17,23-24H,7,9-11H2,1H3,(H,30,34)(H,31,35)(H,32,36)/t14-,15-,16-,17+/m0/s1. The summed E-state index contributed by atoms with van der Waals surface area (Å²) in [6.45, 7) is -6.89. The molecule has 1 aromatic carbocycles. The van der Waals surface area contributed by atoms with Crippen molar-refractivity contribution >= 4 is 34.8 Å². The van der Waals surface area contributed by atoms with E-state index in [1.807, 2.05) is 0 Å². The molecule has 0 spiro atoms. The highest BCUT2D eigenvalue weighted by Crippen LogP contribution is 2.16. The van der Waals surface area contributed by atoms with Crippen LogP contribution in [0, 0.1) is 6.92 Å².